The molecule has 1 aromatic heterocycles. The Hall–Kier alpha value is -3.18. The normalized spacial score (nSPS) is 11.6. The summed E-state index contributed by atoms with van der Waals surface area (Å²) in [6.07, 6.45) is 1.76. The topological polar surface area (TPSA) is 74.2 Å². The minimum atomic E-state index is -0.434. The number of hydrogen-bond donors (Lipinski definition) is 3. The van der Waals surface area contributed by atoms with Crippen LogP contribution in [-0.4, -0.2) is 22.7 Å². The summed E-state index contributed by atoms with van der Waals surface area (Å²) >= 11 is 0. The molecule has 0 radical (unpaired) electrons. The lowest BCUT2D eigenvalue weighted by atomic mass is 10.1. The van der Waals surface area contributed by atoms with Gasteiger partial charge >= 0.3 is 6.03 Å². The fourth-order valence-corrected chi connectivity index (χ4v) is 2.69. The van der Waals surface area contributed by atoms with Crippen molar-refractivity contribution >= 4 is 6.03 Å². The Kier molecular flexibility index (Phi) is 5.96. The fraction of sp³-hybridized carbons (Fsp3) is 0.143. The van der Waals surface area contributed by atoms with Gasteiger partial charge in [0.05, 0.1) is 18.3 Å². The van der Waals surface area contributed by atoms with Crippen LogP contribution in [0.2, 0.25) is 0 Å². The maximum atomic E-state index is 12.2. The van der Waals surface area contributed by atoms with Crippen molar-refractivity contribution in [1.29, 1.82) is 0 Å². The highest BCUT2D eigenvalue weighted by Gasteiger charge is 2.13. The highest BCUT2D eigenvalue weighted by atomic mass is 16.3. The monoisotopic (exact) mass is 347 g/mol. The van der Waals surface area contributed by atoms with Gasteiger partial charge in [-0.3, -0.25) is 4.98 Å². The molecule has 0 aliphatic carbocycles. The summed E-state index contributed by atoms with van der Waals surface area (Å²) in [5, 5.41) is 15.1. The van der Waals surface area contributed by atoms with E-state index in [0.717, 1.165) is 22.4 Å². The van der Waals surface area contributed by atoms with Crippen LogP contribution in [-0.2, 0) is 6.54 Å². The molecule has 132 valence electrons. The highest BCUT2D eigenvalue weighted by molar-refractivity contribution is 5.74. The van der Waals surface area contributed by atoms with Crippen LogP contribution in [0.4, 0.5) is 4.79 Å². The summed E-state index contributed by atoms with van der Waals surface area (Å²) in [4.78, 5) is 16.5. The molecule has 3 rings (SSSR count). The van der Waals surface area contributed by atoms with Crippen LogP contribution < -0.4 is 10.6 Å². The number of aliphatic hydroxyl groups is 1. The van der Waals surface area contributed by atoms with Crippen molar-refractivity contribution in [1.82, 2.24) is 15.6 Å². The molecule has 1 unspecified atom stereocenters. The van der Waals surface area contributed by atoms with Crippen LogP contribution >= 0.6 is 0 Å². The number of rotatable bonds is 6. The summed E-state index contributed by atoms with van der Waals surface area (Å²) in [6, 6.07) is 22.3. The number of amides is 2. The summed E-state index contributed by atoms with van der Waals surface area (Å²) in [5.74, 6) is 0. The van der Waals surface area contributed by atoms with Gasteiger partial charge in [-0.25, -0.2) is 4.79 Å². The van der Waals surface area contributed by atoms with E-state index in [1.54, 1.807) is 6.20 Å². The molecule has 3 aromatic rings. The molecule has 0 bridgehead atoms. The summed E-state index contributed by atoms with van der Waals surface area (Å²) in [6.45, 7) is 0.228. The van der Waals surface area contributed by atoms with Gasteiger partial charge < -0.3 is 15.7 Å². The highest BCUT2D eigenvalue weighted by Crippen LogP contribution is 2.17. The number of carbonyl (C=O) groups is 1. The van der Waals surface area contributed by atoms with Gasteiger partial charge in [-0.2, -0.15) is 0 Å². The minimum Gasteiger partial charge on any atom is -0.394 e. The van der Waals surface area contributed by atoms with E-state index in [1.165, 1.54) is 0 Å². The average molecular weight is 347 g/mol. The zero-order valence-corrected chi connectivity index (χ0v) is 14.3. The van der Waals surface area contributed by atoms with Gasteiger partial charge in [0.25, 0.3) is 0 Å². The lowest BCUT2D eigenvalue weighted by molar-refractivity contribution is 0.216. The number of carbonyl (C=O) groups excluding carboxylic acids is 1. The SMILES string of the molecule is O=C(NCc1cccc(-c2ccccn2)c1)NC(CO)c1ccccc1. The number of hydrogen-bond acceptors (Lipinski definition) is 3. The Morgan fingerprint density at radius 3 is 2.54 bits per heavy atom. The zero-order valence-electron chi connectivity index (χ0n) is 14.3. The van der Waals surface area contributed by atoms with Crippen molar-refractivity contribution in [3.05, 3.63) is 90.1 Å². The molecule has 0 fully saturated rings. The maximum absolute atomic E-state index is 12.2. The minimum absolute atomic E-state index is 0.160. The largest absolute Gasteiger partial charge is 0.394 e. The van der Waals surface area contributed by atoms with Gasteiger partial charge in [0, 0.05) is 18.3 Å². The molecule has 26 heavy (non-hydrogen) atoms. The number of nitrogens with zero attached hydrogens (tertiary/aromatic N) is 1. The fourth-order valence-electron chi connectivity index (χ4n) is 2.69. The second-order valence-corrected chi connectivity index (χ2v) is 5.89. The number of urea groups is 1. The molecule has 0 saturated carbocycles. The van der Waals surface area contributed by atoms with Crippen LogP contribution in [0.5, 0.6) is 0 Å². The van der Waals surface area contributed by atoms with Gasteiger partial charge in [-0.05, 0) is 29.3 Å². The predicted molar refractivity (Wildman–Crippen MR) is 101 cm³/mol. The van der Waals surface area contributed by atoms with Crippen molar-refractivity contribution in [2.75, 3.05) is 6.61 Å². The number of benzene rings is 2. The number of aliphatic hydroxyl groups excluding tert-OH is 1. The van der Waals surface area contributed by atoms with Crippen molar-refractivity contribution in [3.8, 4) is 11.3 Å². The van der Waals surface area contributed by atoms with E-state index >= 15 is 0 Å². The Labute approximate surface area is 152 Å². The molecule has 0 aliphatic heterocycles. The van der Waals surface area contributed by atoms with E-state index in [0.29, 0.717) is 6.54 Å². The van der Waals surface area contributed by atoms with E-state index in [2.05, 4.69) is 15.6 Å². The molecule has 2 amide bonds. The maximum Gasteiger partial charge on any atom is 0.315 e. The lowest BCUT2D eigenvalue weighted by Gasteiger charge is -2.17. The van der Waals surface area contributed by atoms with E-state index in [9.17, 15) is 9.90 Å². The average Bonchev–Trinajstić information content (AvgIpc) is 2.72. The van der Waals surface area contributed by atoms with E-state index in [1.807, 2.05) is 72.8 Å². The molecule has 2 aromatic carbocycles. The summed E-state index contributed by atoms with van der Waals surface area (Å²) in [5.41, 5.74) is 3.73. The van der Waals surface area contributed by atoms with Gasteiger partial charge in [0.15, 0.2) is 0 Å². The third-order valence-corrected chi connectivity index (χ3v) is 4.03. The smallest absolute Gasteiger partial charge is 0.315 e. The second-order valence-electron chi connectivity index (χ2n) is 5.89. The molecule has 5 heteroatoms. The first-order valence-electron chi connectivity index (χ1n) is 8.47. The third-order valence-electron chi connectivity index (χ3n) is 4.03. The molecule has 5 nitrogen and oxygen atoms in total. The van der Waals surface area contributed by atoms with Crippen LogP contribution in [0.3, 0.4) is 0 Å². The Morgan fingerprint density at radius 2 is 1.81 bits per heavy atom. The van der Waals surface area contributed by atoms with Gasteiger partial charge in [0.2, 0.25) is 0 Å². The van der Waals surface area contributed by atoms with E-state index in [4.69, 9.17) is 0 Å². The first-order valence-corrected chi connectivity index (χ1v) is 8.47. The standard InChI is InChI=1S/C21H21N3O2/c25-15-20(17-8-2-1-3-9-17)24-21(26)23-14-16-7-6-10-18(13-16)19-11-4-5-12-22-19/h1-13,20,25H,14-15H2,(H2,23,24,26). The quantitative estimate of drug-likeness (QED) is 0.641. The van der Waals surface area contributed by atoms with Crippen molar-refractivity contribution in [3.63, 3.8) is 0 Å². The number of pyridine rings is 1. The molecular formula is C21H21N3O2. The van der Waals surface area contributed by atoms with E-state index in [-0.39, 0.29) is 12.6 Å². The zero-order chi connectivity index (χ0) is 18.2. The van der Waals surface area contributed by atoms with Crippen molar-refractivity contribution < 1.29 is 9.90 Å². The molecule has 0 saturated heterocycles. The molecule has 1 heterocycles. The lowest BCUT2D eigenvalue weighted by Crippen LogP contribution is -2.38. The number of nitrogens with one attached hydrogen (secondary N) is 2. The van der Waals surface area contributed by atoms with Crippen LogP contribution in [0.25, 0.3) is 11.3 Å². The third kappa shape index (κ3) is 4.68. The van der Waals surface area contributed by atoms with Gasteiger partial charge in [-0.15, -0.1) is 0 Å². The Morgan fingerprint density at radius 1 is 1.00 bits per heavy atom. The summed E-state index contributed by atoms with van der Waals surface area (Å²) < 4.78 is 0. The molecule has 1 atom stereocenters. The van der Waals surface area contributed by atoms with Gasteiger partial charge in [-0.1, -0.05) is 54.6 Å². The predicted octanol–water partition coefficient (Wildman–Crippen LogP) is 3.28. The van der Waals surface area contributed by atoms with Gasteiger partial charge in [0.1, 0.15) is 0 Å². The Bertz CT molecular complexity index is 838. The molecule has 3 N–H and O–H groups in total. The molecule has 0 aliphatic rings. The van der Waals surface area contributed by atoms with Crippen molar-refractivity contribution in [2.45, 2.75) is 12.6 Å². The molecular weight excluding hydrogens is 326 g/mol. The van der Waals surface area contributed by atoms with E-state index < -0.39 is 6.04 Å². The number of aromatic nitrogens is 1. The first-order chi connectivity index (χ1) is 12.8. The Balaban J connectivity index is 1.59. The van der Waals surface area contributed by atoms with Crippen molar-refractivity contribution in [2.24, 2.45) is 0 Å². The first kappa shape index (κ1) is 17.6. The van der Waals surface area contributed by atoms with Crippen LogP contribution in [0.1, 0.15) is 17.2 Å². The molecule has 0 spiro atoms. The van der Waals surface area contributed by atoms with Crippen LogP contribution in [0, 0.1) is 0 Å². The summed E-state index contributed by atoms with van der Waals surface area (Å²) in [7, 11) is 0. The second kappa shape index (κ2) is 8.78. The van der Waals surface area contributed by atoms with Crippen LogP contribution in [0.15, 0.2) is 79.0 Å².